The van der Waals surface area contributed by atoms with Crippen LogP contribution in [0.2, 0.25) is 13.3 Å². The first-order valence-corrected chi connectivity index (χ1v) is 19.3. The van der Waals surface area contributed by atoms with E-state index in [4.69, 9.17) is 0 Å². The van der Waals surface area contributed by atoms with Crippen molar-refractivity contribution >= 4 is 25.1 Å². The molecule has 2 heteroatoms. The van der Waals surface area contributed by atoms with Crippen molar-refractivity contribution in [2.24, 2.45) is 0 Å². The predicted octanol–water partition coefficient (Wildman–Crippen LogP) is 6.37. The molecule has 0 amide bonds. The van der Waals surface area contributed by atoms with Gasteiger partial charge in [-0.2, -0.15) is 0 Å². The molecule has 0 fully saturated rings. The SMILES string of the molecule is CCC[CH2][Sn]([CH2]CCC)([CH2]CCC)[SH]1C=CC=C1. The van der Waals surface area contributed by atoms with Crippen molar-refractivity contribution in [2.75, 3.05) is 0 Å². The standard InChI is InChI=1S/C4H4S.3C4H9.Sn/c1-2-4-5-3-1;3*1-3-4-2;/h1-4H;3*1,3-4H2,2H3;/q;;;;-1/p+1. The topological polar surface area (TPSA) is 0 Å². The van der Waals surface area contributed by atoms with Gasteiger partial charge in [-0.1, -0.05) is 0 Å². The van der Waals surface area contributed by atoms with Crippen LogP contribution in [-0.2, 0) is 0 Å². The Bertz CT molecular complexity index is 236. The van der Waals surface area contributed by atoms with Crippen LogP contribution in [0.5, 0.6) is 0 Å². The number of hydrogen-bond donors (Lipinski definition) is 1. The van der Waals surface area contributed by atoms with Gasteiger partial charge in [0, 0.05) is 0 Å². The molecule has 106 valence electrons. The summed E-state index contributed by atoms with van der Waals surface area (Å²) < 4.78 is 4.97. The number of thiol groups is 1. The Kier molecular flexibility index (Phi) is 8.82. The summed E-state index contributed by atoms with van der Waals surface area (Å²) in [5.74, 6) is 0. The van der Waals surface area contributed by atoms with Gasteiger partial charge in [0.1, 0.15) is 0 Å². The van der Waals surface area contributed by atoms with Crippen LogP contribution in [0.3, 0.4) is 0 Å². The molecule has 0 saturated heterocycles. The van der Waals surface area contributed by atoms with Crippen LogP contribution in [0.15, 0.2) is 23.0 Å². The van der Waals surface area contributed by atoms with Gasteiger partial charge in [0.2, 0.25) is 0 Å². The molecular weight excluding hydrogens is 343 g/mol. The summed E-state index contributed by atoms with van der Waals surface area (Å²) in [6, 6.07) is 0. The molecule has 0 nitrogen and oxygen atoms in total. The van der Waals surface area contributed by atoms with Gasteiger partial charge < -0.3 is 0 Å². The van der Waals surface area contributed by atoms with Crippen LogP contribution in [0.4, 0.5) is 0 Å². The molecule has 0 saturated carbocycles. The van der Waals surface area contributed by atoms with Crippen molar-refractivity contribution < 1.29 is 0 Å². The molecular formula is C16H32SSn. The number of hydrogen-bond acceptors (Lipinski definition) is 0. The van der Waals surface area contributed by atoms with Gasteiger partial charge in [-0.3, -0.25) is 0 Å². The molecule has 0 aromatic heterocycles. The number of unbranched alkanes of at least 4 members (excludes halogenated alkanes) is 3. The molecule has 0 N–H and O–H groups in total. The predicted molar refractivity (Wildman–Crippen MR) is 92.2 cm³/mol. The molecule has 0 spiro atoms. The van der Waals surface area contributed by atoms with Gasteiger partial charge in [0.25, 0.3) is 0 Å². The Morgan fingerprint density at radius 1 is 0.722 bits per heavy atom. The molecule has 1 heterocycles. The average Bonchev–Trinajstić information content (AvgIpc) is 2.93. The fourth-order valence-corrected chi connectivity index (χ4v) is 32.5. The van der Waals surface area contributed by atoms with E-state index in [-0.39, 0.29) is 8.08 Å². The van der Waals surface area contributed by atoms with Crippen LogP contribution >= 0.6 is 8.08 Å². The molecule has 0 unspecified atom stereocenters. The molecule has 0 aliphatic carbocycles. The molecule has 1 aliphatic heterocycles. The van der Waals surface area contributed by atoms with Gasteiger partial charge in [0.15, 0.2) is 0 Å². The van der Waals surface area contributed by atoms with E-state index in [0.29, 0.717) is 0 Å². The molecule has 0 radical (unpaired) electrons. The Hall–Kier alpha value is 0.629. The first kappa shape index (κ1) is 16.7. The van der Waals surface area contributed by atoms with E-state index >= 15 is 0 Å². The fourth-order valence-electron chi connectivity index (χ4n) is 2.93. The summed E-state index contributed by atoms with van der Waals surface area (Å²) in [5.41, 5.74) is 0. The normalized spacial score (nSPS) is 16.7. The van der Waals surface area contributed by atoms with Crippen molar-refractivity contribution in [3.05, 3.63) is 23.0 Å². The van der Waals surface area contributed by atoms with Crippen molar-refractivity contribution in [1.82, 2.24) is 0 Å². The molecule has 1 rings (SSSR count). The Labute approximate surface area is 120 Å². The monoisotopic (exact) mass is 376 g/mol. The van der Waals surface area contributed by atoms with Gasteiger partial charge in [0.05, 0.1) is 0 Å². The van der Waals surface area contributed by atoms with Crippen molar-refractivity contribution in [2.45, 2.75) is 72.6 Å². The van der Waals surface area contributed by atoms with Crippen LogP contribution in [0.25, 0.3) is 0 Å². The average molecular weight is 375 g/mol. The molecule has 0 atom stereocenters. The maximum atomic E-state index is 2.60. The van der Waals surface area contributed by atoms with E-state index in [1.807, 2.05) is 0 Å². The van der Waals surface area contributed by atoms with Crippen molar-refractivity contribution in [3.8, 4) is 0 Å². The molecule has 1 aliphatic rings. The molecule has 18 heavy (non-hydrogen) atoms. The van der Waals surface area contributed by atoms with E-state index in [2.05, 4.69) is 43.7 Å². The maximum absolute atomic E-state index is 2.60. The second-order valence-electron chi connectivity index (χ2n) is 5.63. The number of rotatable bonds is 10. The second kappa shape index (κ2) is 9.52. The molecule has 0 aromatic rings. The van der Waals surface area contributed by atoms with Crippen molar-refractivity contribution in [1.29, 1.82) is 0 Å². The third-order valence-electron chi connectivity index (χ3n) is 4.14. The Balaban J connectivity index is 2.76. The zero-order chi connectivity index (χ0) is 13.3. The Morgan fingerprint density at radius 3 is 1.44 bits per heavy atom. The van der Waals surface area contributed by atoms with Crippen LogP contribution in [0.1, 0.15) is 59.3 Å². The second-order valence-corrected chi connectivity index (χ2v) is 29.1. The van der Waals surface area contributed by atoms with E-state index in [0.717, 1.165) is 0 Å². The Morgan fingerprint density at radius 2 is 1.11 bits per heavy atom. The molecule has 0 bridgehead atoms. The summed E-state index contributed by atoms with van der Waals surface area (Å²) in [5, 5.41) is 5.21. The summed E-state index contributed by atoms with van der Waals surface area (Å²) in [4.78, 5) is 0. The van der Waals surface area contributed by atoms with Gasteiger partial charge in [-0.05, 0) is 0 Å². The van der Waals surface area contributed by atoms with Gasteiger partial charge in [-0.25, -0.2) is 0 Å². The number of allylic oxidation sites excluding steroid dienone is 2. The van der Waals surface area contributed by atoms with E-state index < -0.39 is 17.0 Å². The third-order valence-corrected chi connectivity index (χ3v) is 33.6. The molecule has 0 aromatic carbocycles. The fraction of sp³-hybridized carbons (Fsp3) is 0.750. The van der Waals surface area contributed by atoms with Gasteiger partial charge >= 0.3 is 121 Å². The first-order valence-electron chi connectivity index (χ1n) is 7.92. The minimum absolute atomic E-state index is 0.221. The quantitative estimate of drug-likeness (QED) is 0.333. The summed E-state index contributed by atoms with van der Waals surface area (Å²) >= 11 is -1.88. The van der Waals surface area contributed by atoms with E-state index in [1.165, 1.54) is 38.5 Å². The minimum atomic E-state index is -1.88. The third kappa shape index (κ3) is 4.96. The van der Waals surface area contributed by atoms with Crippen molar-refractivity contribution in [3.63, 3.8) is 0 Å². The van der Waals surface area contributed by atoms with Gasteiger partial charge in [-0.15, -0.1) is 0 Å². The zero-order valence-electron chi connectivity index (χ0n) is 12.6. The van der Waals surface area contributed by atoms with E-state index in [9.17, 15) is 0 Å². The van der Waals surface area contributed by atoms with Crippen LogP contribution in [0, 0.1) is 0 Å². The van der Waals surface area contributed by atoms with Crippen LogP contribution < -0.4 is 0 Å². The zero-order valence-corrected chi connectivity index (χ0v) is 16.4. The summed E-state index contributed by atoms with van der Waals surface area (Å²) in [6.45, 7) is 7.09. The van der Waals surface area contributed by atoms with Crippen LogP contribution in [-0.4, -0.2) is 17.0 Å². The van der Waals surface area contributed by atoms with E-state index in [1.54, 1.807) is 13.3 Å². The first-order chi connectivity index (χ1) is 8.79. The summed E-state index contributed by atoms with van der Waals surface area (Å²) in [6.07, 6.45) is 13.4. The summed E-state index contributed by atoms with van der Waals surface area (Å²) in [7, 11) is 0.221.